The number of hydrogen-bond donors (Lipinski definition) is 1. The van der Waals surface area contributed by atoms with E-state index in [0.29, 0.717) is 0 Å². The second-order valence-electron chi connectivity index (χ2n) is 4.80. The molecule has 1 unspecified atom stereocenters. The van der Waals surface area contributed by atoms with Gasteiger partial charge in [-0.05, 0) is 30.9 Å². The number of imidazole rings is 1. The maximum absolute atomic E-state index is 6.13. The van der Waals surface area contributed by atoms with Gasteiger partial charge in [0.1, 0.15) is 5.82 Å². The van der Waals surface area contributed by atoms with Gasteiger partial charge in [-0.2, -0.15) is 0 Å². The van der Waals surface area contributed by atoms with Crippen LogP contribution in [0.4, 0.5) is 0 Å². The van der Waals surface area contributed by atoms with Gasteiger partial charge in [0.25, 0.3) is 0 Å². The van der Waals surface area contributed by atoms with Gasteiger partial charge in [-0.25, -0.2) is 4.98 Å². The Kier molecular flexibility index (Phi) is 2.52. The molecule has 0 saturated heterocycles. The number of nitrogens with zero attached hydrogens (tertiary/aromatic N) is 3. The molecule has 4 nitrogen and oxygen atoms in total. The molecule has 3 rings (SSSR count). The summed E-state index contributed by atoms with van der Waals surface area (Å²) in [5.41, 5.74) is 8.85. The van der Waals surface area contributed by atoms with Crippen LogP contribution >= 0.6 is 0 Å². The predicted octanol–water partition coefficient (Wildman–Crippen LogP) is 1.61. The van der Waals surface area contributed by atoms with E-state index in [4.69, 9.17) is 5.73 Å². The lowest BCUT2D eigenvalue weighted by Crippen LogP contribution is -2.18. The summed E-state index contributed by atoms with van der Waals surface area (Å²) in [5.74, 6) is 1.09. The number of aryl methyl sites for hydroxylation is 1. The molecular weight excluding hydrogens is 212 g/mol. The van der Waals surface area contributed by atoms with Crippen LogP contribution in [0.2, 0.25) is 0 Å². The van der Waals surface area contributed by atoms with E-state index in [1.807, 2.05) is 19.4 Å². The molecule has 4 heteroatoms. The van der Waals surface area contributed by atoms with Gasteiger partial charge < -0.3 is 14.9 Å². The average molecular weight is 230 g/mol. The number of hydrogen-bond acceptors (Lipinski definition) is 2. The Labute approximate surface area is 101 Å². The molecule has 2 heterocycles. The average Bonchev–Trinajstić information content (AvgIpc) is 2.89. The van der Waals surface area contributed by atoms with Crippen molar-refractivity contribution >= 4 is 0 Å². The van der Waals surface area contributed by atoms with Crippen molar-refractivity contribution in [3.8, 4) is 0 Å². The van der Waals surface area contributed by atoms with E-state index in [1.54, 1.807) is 0 Å². The summed E-state index contributed by atoms with van der Waals surface area (Å²) in [5, 5.41) is 0. The van der Waals surface area contributed by atoms with Crippen molar-refractivity contribution in [1.29, 1.82) is 0 Å². The Morgan fingerprint density at radius 3 is 3.12 bits per heavy atom. The third kappa shape index (κ3) is 1.78. The second-order valence-corrected chi connectivity index (χ2v) is 4.80. The summed E-state index contributed by atoms with van der Waals surface area (Å²) in [6.45, 7) is 0.839. The van der Waals surface area contributed by atoms with Crippen LogP contribution in [0.15, 0.2) is 24.7 Å². The zero-order valence-electron chi connectivity index (χ0n) is 10.1. The van der Waals surface area contributed by atoms with E-state index in [1.165, 1.54) is 17.7 Å². The highest BCUT2D eigenvalue weighted by Crippen LogP contribution is 2.28. The minimum absolute atomic E-state index is 0.223. The smallest absolute Gasteiger partial charge is 0.128 e. The number of aromatic nitrogens is 3. The maximum atomic E-state index is 6.13. The van der Waals surface area contributed by atoms with Crippen LogP contribution in [-0.2, 0) is 20.0 Å². The third-order valence-electron chi connectivity index (χ3n) is 3.67. The van der Waals surface area contributed by atoms with Crippen molar-refractivity contribution in [3.05, 3.63) is 41.7 Å². The van der Waals surface area contributed by atoms with Crippen molar-refractivity contribution in [3.63, 3.8) is 0 Å². The lowest BCUT2D eigenvalue weighted by Gasteiger charge is -2.20. The summed E-state index contributed by atoms with van der Waals surface area (Å²) >= 11 is 0. The maximum Gasteiger partial charge on any atom is 0.128 e. The van der Waals surface area contributed by atoms with E-state index in [2.05, 4.69) is 26.4 Å². The molecular formula is C13H18N4. The van der Waals surface area contributed by atoms with Crippen LogP contribution in [0.3, 0.4) is 0 Å². The van der Waals surface area contributed by atoms with Crippen molar-refractivity contribution in [2.24, 2.45) is 12.8 Å². The second kappa shape index (κ2) is 4.04. The SMILES string of the molecule is Cn1ccnc1Cn1ccc2c1CCCC2N. The molecule has 0 saturated carbocycles. The summed E-state index contributed by atoms with van der Waals surface area (Å²) in [4.78, 5) is 4.37. The fraction of sp³-hybridized carbons (Fsp3) is 0.462. The third-order valence-corrected chi connectivity index (χ3v) is 3.67. The zero-order valence-corrected chi connectivity index (χ0v) is 10.1. The van der Waals surface area contributed by atoms with E-state index in [0.717, 1.165) is 25.2 Å². The van der Waals surface area contributed by atoms with Crippen LogP contribution in [0.5, 0.6) is 0 Å². The molecule has 1 aliphatic rings. The largest absolute Gasteiger partial charge is 0.344 e. The standard InChI is InChI=1S/C13H18N4/c1-16-8-6-15-13(16)9-17-7-5-10-11(14)3-2-4-12(10)17/h5-8,11H,2-4,9,14H2,1H3. The molecule has 1 aliphatic carbocycles. The number of rotatable bonds is 2. The molecule has 0 aromatic carbocycles. The molecule has 0 aliphatic heterocycles. The van der Waals surface area contributed by atoms with E-state index >= 15 is 0 Å². The van der Waals surface area contributed by atoms with Gasteiger partial charge in [-0.1, -0.05) is 0 Å². The molecule has 90 valence electrons. The summed E-state index contributed by atoms with van der Waals surface area (Å²) < 4.78 is 4.35. The quantitative estimate of drug-likeness (QED) is 0.852. The van der Waals surface area contributed by atoms with Gasteiger partial charge in [-0.3, -0.25) is 0 Å². The summed E-state index contributed by atoms with van der Waals surface area (Å²) in [7, 11) is 2.03. The first kappa shape index (κ1) is 10.6. The Hall–Kier alpha value is -1.55. The minimum atomic E-state index is 0.223. The van der Waals surface area contributed by atoms with Crippen LogP contribution in [0, 0.1) is 0 Å². The van der Waals surface area contributed by atoms with Crippen LogP contribution in [0.25, 0.3) is 0 Å². The van der Waals surface area contributed by atoms with Crippen LogP contribution < -0.4 is 5.73 Å². The topological polar surface area (TPSA) is 48.8 Å². The normalized spacial score (nSPS) is 19.3. The molecule has 0 bridgehead atoms. The monoisotopic (exact) mass is 230 g/mol. The van der Waals surface area contributed by atoms with Gasteiger partial charge in [0, 0.05) is 37.4 Å². The molecule has 2 aromatic heterocycles. The van der Waals surface area contributed by atoms with Gasteiger partial charge in [0.2, 0.25) is 0 Å². The van der Waals surface area contributed by atoms with Crippen LogP contribution in [0.1, 0.15) is 36.0 Å². The van der Waals surface area contributed by atoms with Crippen LogP contribution in [-0.4, -0.2) is 14.1 Å². The molecule has 1 atom stereocenters. The van der Waals surface area contributed by atoms with Gasteiger partial charge >= 0.3 is 0 Å². The van der Waals surface area contributed by atoms with E-state index in [-0.39, 0.29) is 6.04 Å². The van der Waals surface area contributed by atoms with Crippen molar-refractivity contribution < 1.29 is 0 Å². The summed E-state index contributed by atoms with van der Waals surface area (Å²) in [6.07, 6.45) is 9.41. The van der Waals surface area contributed by atoms with Gasteiger partial charge in [0.15, 0.2) is 0 Å². The fourth-order valence-electron chi connectivity index (χ4n) is 2.64. The molecule has 0 fully saturated rings. The fourth-order valence-corrected chi connectivity index (χ4v) is 2.64. The van der Waals surface area contributed by atoms with E-state index in [9.17, 15) is 0 Å². The van der Waals surface area contributed by atoms with Crippen molar-refractivity contribution in [2.75, 3.05) is 0 Å². The Balaban J connectivity index is 1.92. The highest BCUT2D eigenvalue weighted by Gasteiger charge is 2.20. The molecule has 0 spiro atoms. The highest BCUT2D eigenvalue weighted by atomic mass is 15.1. The zero-order chi connectivity index (χ0) is 11.8. The Bertz CT molecular complexity index is 523. The van der Waals surface area contributed by atoms with Gasteiger partial charge in [-0.15, -0.1) is 0 Å². The van der Waals surface area contributed by atoms with Crippen molar-refractivity contribution in [1.82, 2.24) is 14.1 Å². The molecule has 17 heavy (non-hydrogen) atoms. The lowest BCUT2D eigenvalue weighted by molar-refractivity contribution is 0.543. The number of nitrogens with two attached hydrogens (primary N) is 1. The van der Waals surface area contributed by atoms with Gasteiger partial charge in [0.05, 0.1) is 6.54 Å². The van der Waals surface area contributed by atoms with Crippen molar-refractivity contribution in [2.45, 2.75) is 31.8 Å². The first-order chi connectivity index (χ1) is 8.25. The Morgan fingerprint density at radius 2 is 2.35 bits per heavy atom. The summed E-state index contributed by atoms with van der Waals surface area (Å²) in [6, 6.07) is 2.39. The molecule has 0 radical (unpaired) electrons. The Morgan fingerprint density at radius 1 is 1.47 bits per heavy atom. The first-order valence-corrected chi connectivity index (χ1v) is 6.15. The molecule has 2 aromatic rings. The molecule has 0 amide bonds. The lowest BCUT2D eigenvalue weighted by atomic mass is 9.94. The predicted molar refractivity (Wildman–Crippen MR) is 66.6 cm³/mol. The minimum Gasteiger partial charge on any atom is -0.344 e. The highest BCUT2D eigenvalue weighted by molar-refractivity contribution is 5.28. The van der Waals surface area contributed by atoms with E-state index < -0.39 is 0 Å². The molecule has 2 N–H and O–H groups in total. The number of fused-ring (bicyclic) bond motifs is 1. The first-order valence-electron chi connectivity index (χ1n) is 6.15.